The molecule has 0 saturated carbocycles. The van der Waals surface area contributed by atoms with Crippen LogP contribution in [0.15, 0.2) is 6.07 Å². The van der Waals surface area contributed by atoms with E-state index < -0.39 is 17.9 Å². The van der Waals surface area contributed by atoms with Crippen molar-refractivity contribution in [3.63, 3.8) is 0 Å². The molecule has 0 bridgehead atoms. The second kappa shape index (κ2) is 5.43. The predicted molar refractivity (Wildman–Crippen MR) is 76.8 cm³/mol. The molecule has 2 fully saturated rings. The number of carbonyl (C=O) groups is 1. The predicted octanol–water partition coefficient (Wildman–Crippen LogP) is 1.97. The fourth-order valence-corrected chi connectivity index (χ4v) is 3.57. The van der Waals surface area contributed by atoms with Gasteiger partial charge < -0.3 is 9.80 Å². The van der Waals surface area contributed by atoms with E-state index in [-0.39, 0.29) is 16.8 Å². The topological polar surface area (TPSA) is 49.3 Å². The number of halogens is 3. The third-order valence-electron chi connectivity index (χ3n) is 4.68. The summed E-state index contributed by atoms with van der Waals surface area (Å²) >= 11 is 0. The Labute approximate surface area is 132 Å². The molecular formula is C15H19F3N4O. The Hall–Kier alpha value is -1.70. The smallest absolute Gasteiger partial charge is 0.337 e. The van der Waals surface area contributed by atoms with Crippen LogP contribution in [0, 0.1) is 12.3 Å². The van der Waals surface area contributed by atoms with Crippen molar-refractivity contribution in [3.8, 4) is 0 Å². The lowest BCUT2D eigenvalue weighted by atomic mass is 9.86. The molecule has 3 heterocycles. The summed E-state index contributed by atoms with van der Waals surface area (Å²) in [6, 6.07) is 1.32. The van der Waals surface area contributed by atoms with E-state index in [0.29, 0.717) is 13.1 Å². The number of likely N-dealkylation sites (tertiary alicyclic amines) is 2. The average Bonchev–Trinajstić information content (AvgIpc) is 3.03. The molecule has 0 radical (unpaired) electrons. The van der Waals surface area contributed by atoms with Crippen molar-refractivity contribution in [3.05, 3.63) is 23.3 Å². The summed E-state index contributed by atoms with van der Waals surface area (Å²) in [4.78, 5) is 23.2. The maximum absolute atomic E-state index is 12.8. The first-order chi connectivity index (χ1) is 10.7. The van der Waals surface area contributed by atoms with Crippen LogP contribution in [-0.2, 0) is 6.18 Å². The van der Waals surface area contributed by atoms with E-state index in [4.69, 9.17) is 0 Å². The molecule has 8 heteroatoms. The van der Waals surface area contributed by atoms with Crippen molar-refractivity contribution >= 4 is 5.91 Å². The van der Waals surface area contributed by atoms with Crippen molar-refractivity contribution < 1.29 is 18.0 Å². The molecule has 0 N–H and O–H groups in total. The number of nitrogens with zero attached hydrogens (tertiary/aromatic N) is 4. The standard InChI is InChI=1S/C15H19F3N4O/c1-10-7-11(20-13(19-10)15(16,17)18)12(23)22-6-4-14(9-22)3-5-21(2)8-14/h7H,3-6,8-9H2,1-2H3. The summed E-state index contributed by atoms with van der Waals surface area (Å²) in [6.07, 6.45) is -2.75. The fraction of sp³-hybridized carbons (Fsp3) is 0.667. The molecule has 0 aliphatic carbocycles. The Bertz CT molecular complexity index is 634. The van der Waals surface area contributed by atoms with Gasteiger partial charge in [-0.2, -0.15) is 13.2 Å². The first-order valence-electron chi connectivity index (χ1n) is 7.59. The molecule has 2 aliphatic heterocycles. The molecule has 23 heavy (non-hydrogen) atoms. The molecule has 0 aromatic carbocycles. The Kier molecular flexibility index (Phi) is 3.82. The highest BCUT2D eigenvalue weighted by Gasteiger charge is 2.44. The summed E-state index contributed by atoms with van der Waals surface area (Å²) in [5, 5.41) is 0. The molecule has 1 unspecified atom stereocenters. The second-order valence-corrected chi connectivity index (χ2v) is 6.68. The van der Waals surface area contributed by atoms with Gasteiger partial charge in [-0.25, -0.2) is 9.97 Å². The second-order valence-electron chi connectivity index (χ2n) is 6.68. The first-order valence-corrected chi connectivity index (χ1v) is 7.59. The highest BCUT2D eigenvalue weighted by atomic mass is 19.4. The van der Waals surface area contributed by atoms with Crippen LogP contribution < -0.4 is 0 Å². The highest BCUT2D eigenvalue weighted by molar-refractivity contribution is 5.92. The van der Waals surface area contributed by atoms with Crippen LogP contribution >= 0.6 is 0 Å². The number of amides is 1. The Morgan fingerprint density at radius 1 is 1.22 bits per heavy atom. The van der Waals surface area contributed by atoms with E-state index in [0.717, 1.165) is 25.9 Å². The Morgan fingerprint density at radius 3 is 2.52 bits per heavy atom. The molecule has 1 spiro atoms. The van der Waals surface area contributed by atoms with E-state index in [1.54, 1.807) is 4.90 Å². The summed E-state index contributed by atoms with van der Waals surface area (Å²) in [5.41, 5.74) is 0.0534. The van der Waals surface area contributed by atoms with Crippen LogP contribution in [0.3, 0.4) is 0 Å². The highest BCUT2D eigenvalue weighted by Crippen LogP contribution is 2.39. The van der Waals surface area contributed by atoms with Crippen molar-refractivity contribution in [1.29, 1.82) is 0 Å². The van der Waals surface area contributed by atoms with Gasteiger partial charge in [-0.15, -0.1) is 0 Å². The maximum atomic E-state index is 12.8. The number of aromatic nitrogens is 2. The van der Waals surface area contributed by atoms with E-state index in [1.165, 1.54) is 13.0 Å². The quantitative estimate of drug-likeness (QED) is 0.791. The van der Waals surface area contributed by atoms with E-state index >= 15 is 0 Å². The molecule has 5 nitrogen and oxygen atoms in total. The molecule has 2 aliphatic rings. The van der Waals surface area contributed by atoms with E-state index in [1.807, 2.05) is 7.05 Å². The van der Waals surface area contributed by atoms with Crippen LogP contribution in [0.2, 0.25) is 0 Å². The average molecular weight is 328 g/mol. The molecule has 1 aromatic heterocycles. The van der Waals surface area contributed by atoms with Gasteiger partial charge in [-0.1, -0.05) is 0 Å². The van der Waals surface area contributed by atoms with Crippen molar-refractivity contribution in [2.75, 3.05) is 33.2 Å². The first kappa shape index (κ1) is 16.2. The number of aryl methyl sites for hydroxylation is 1. The number of rotatable bonds is 1. The number of hydrogen-bond donors (Lipinski definition) is 0. The third-order valence-corrected chi connectivity index (χ3v) is 4.68. The molecule has 1 aromatic rings. The van der Waals surface area contributed by atoms with E-state index in [9.17, 15) is 18.0 Å². The van der Waals surface area contributed by atoms with Crippen molar-refractivity contribution in [2.24, 2.45) is 5.41 Å². The van der Waals surface area contributed by atoms with Crippen LogP contribution in [0.25, 0.3) is 0 Å². The van der Waals surface area contributed by atoms with Gasteiger partial charge in [0.05, 0.1) is 0 Å². The van der Waals surface area contributed by atoms with Gasteiger partial charge in [-0.05, 0) is 39.4 Å². The van der Waals surface area contributed by atoms with Crippen LogP contribution in [-0.4, -0.2) is 58.9 Å². The minimum atomic E-state index is -4.65. The lowest BCUT2D eigenvalue weighted by Crippen LogP contribution is -2.34. The number of alkyl halides is 3. The summed E-state index contributed by atoms with van der Waals surface area (Å²) < 4.78 is 38.4. The monoisotopic (exact) mass is 328 g/mol. The minimum absolute atomic E-state index is 0.0827. The Morgan fingerprint density at radius 2 is 1.91 bits per heavy atom. The van der Waals surface area contributed by atoms with Gasteiger partial charge in [0.15, 0.2) is 0 Å². The molecule has 1 atom stereocenters. The summed E-state index contributed by atoms with van der Waals surface area (Å²) in [6.45, 7) is 4.50. The van der Waals surface area contributed by atoms with Gasteiger partial charge in [0.2, 0.25) is 5.82 Å². The zero-order valence-electron chi connectivity index (χ0n) is 13.2. The number of carbonyl (C=O) groups excluding carboxylic acids is 1. The van der Waals surface area contributed by atoms with Crippen LogP contribution in [0.5, 0.6) is 0 Å². The largest absolute Gasteiger partial charge is 0.451 e. The van der Waals surface area contributed by atoms with Gasteiger partial charge >= 0.3 is 6.18 Å². The van der Waals surface area contributed by atoms with Gasteiger partial charge in [0, 0.05) is 30.7 Å². The zero-order valence-corrected chi connectivity index (χ0v) is 13.2. The molecule has 1 amide bonds. The van der Waals surface area contributed by atoms with Crippen molar-refractivity contribution in [2.45, 2.75) is 25.9 Å². The number of hydrogen-bond acceptors (Lipinski definition) is 4. The lowest BCUT2D eigenvalue weighted by molar-refractivity contribution is -0.145. The lowest BCUT2D eigenvalue weighted by Gasteiger charge is -2.23. The zero-order chi connectivity index (χ0) is 16.8. The SMILES string of the molecule is Cc1cc(C(=O)N2CCC3(CCN(C)C3)C2)nc(C(F)(F)F)n1. The Balaban J connectivity index is 1.80. The summed E-state index contributed by atoms with van der Waals surface area (Å²) in [7, 11) is 2.04. The molecule has 2 saturated heterocycles. The minimum Gasteiger partial charge on any atom is -0.337 e. The van der Waals surface area contributed by atoms with Gasteiger partial charge in [0.1, 0.15) is 5.69 Å². The summed E-state index contributed by atoms with van der Waals surface area (Å²) in [5.74, 6) is -1.69. The van der Waals surface area contributed by atoms with Gasteiger partial charge in [-0.3, -0.25) is 4.79 Å². The molecule has 3 rings (SSSR count). The van der Waals surface area contributed by atoms with Crippen molar-refractivity contribution in [1.82, 2.24) is 19.8 Å². The molecular weight excluding hydrogens is 309 g/mol. The normalized spacial score (nSPS) is 25.5. The third kappa shape index (κ3) is 3.17. The van der Waals surface area contributed by atoms with Gasteiger partial charge in [0.25, 0.3) is 5.91 Å². The maximum Gasteiger partial charge on any atom is 0.451 e. The van der Waals surface area contributed by atoms with Crippen LogP contribution in [0.4, 0.5) is 13.2 Å². The fourth-order valence-electron chi connectivity index (χ4n) is 3.57. The van der Waals surface area contributed by atoms with E-state index in [2.05, 4.69) is 14.9 Å². The van der Waals surface area contributed by atoms with Crippen LogP contribution in [0.1, 0.15) is 34.8 Å². The molecule has 126 valence electrons.